The van der Waals surface area contributed by atoms with Crippen LogP contribution in [0.5, 0.6) is 11.5 Å². The molecule has 0 amide bonds. The predicted molar refractivity (Wildman–Crippen MR) is 122 cm³/mol. The lowest BCUT2D eigenvalue weighted by atomic mass is 9.85. The van der Waals surface area contributed by atoms with E-state index in [0.29, 0.717) is 0 Å². The molecule has 0 spiro atoms. The molecule has 7 heteroatoms. The van der Waals surface area contributed by atoms with Crippen molar-refractivity contribution >= 4 is 12.0 Å². The van der Waals surface area contributed by atoms with Gasteiger partial charge in [0.1, 0.15) is 6.34 Å². The average molecular weight is 436 g/mol. The smallest absolute Gasteiger partial charge is 0.246 e. The highest BCUT2D eigenvalue weighted by atomic mass is 16.7. The van der Waals surface area contributed by atoms with E-state index >= 15 is 0 Å². The number of nitrogens with one attached hydrogen (secondary N) is 2. The van der Waals surface area contributed by atoms with Crippen LogP contribution < -0.4 is 20.4 Å². The molecular formula is C25H29N3O4. The highest BCUT2D eigenvalue weighted by Gasteiger charge is 2.56. The van der Waals surface area contributed by atoms with Crippen molar-refractivity contribution in [2.75, 3.05) is 7.11 Å². The molecule has 2 atom stereocenters. The Bertz CT molecular complexity index is 1060. The summed E-state index contributed by atoms with van der Waals surface area (Å²) in [6.45, 7) is 4.00. The van der Waals surface area contributed by atoms with E-state index in [2.05, 4.69) is 22.0 Å². The molecule has 5 rings (SSSR count). The number of hydroxylamine groups is 2. The van der Waals surface area contributed by atoms with Gasteiger partial charge in [-0.05, 0) is 63.8 Å². The van der Waals surface area contributed by atoms with E-state index in [1.165, 1.54) is 12.8 Å². The quantitative estimate of drug-likeness (QED) is 0.702. The van der Waals surface area contributed by atoms with Crippen molar-refractivity contribution in [3.8, 4) is 11.5 Å². The maximum Gasteiger partial charge on any atom is 0.246 e. The van der Waals surface area contributed by atoms with Gasteiger partial charge in [-0.15, -0.1) is 0 Å². The van der Waals surface area contributed by atoms with Gasteiger partial charge in [0, 0.05) is 11.1 Å². The van der Waals surface area contributed by atoms with Crippen LogP contribution in [0.4, 0.5) is 0 Å². The van der Waals surface area contributed by atoms with Crippen molar-refractivity contribution in [2.45, 2.75) is 57.0 Å². The first-order chi connectivity index (χ1) is 15.5. The molecule has 0 aromatic heterocycles. The molecule has 0 bridgehead atoms. The van der Waals surface area contributed by atoms with Crippen molar-refractivity contribution in [1.29, 1.82) is 0 Å². The van der Waals surface area contributed by atoms with Crippen LogP contribution in [0.3, 0.4) is 0 Å². The summed E-state index contributed by atoms with van der Waals surface area (Å²) >= 11 is 0. The van der Waals surface area contributed by atoms with Gasteiger partial charge in [-0.3, -0.25) is 15.8 Å². The van der Waals surface area contributed by atoms with E-state index < -0.39 is 11.3 Å². The summed E-state index contributed by atoms with van der Waals surface area (Å²) in [5, 5.41) is 0. The number of nitrogens with zero attached hydrogens (tertiary/aromatic N) is 1. The zero-order chi connectivity index (χ0) is 22.2. The summed E-state index contributed by atoms with van der Waals surface area (Å²) in [5.41, 5.74) is 7.70. The zero-order valence-corrected chi connectivity index (χ0v) is 18.7. The highest BCUT2D eigenvalue weighted by Crippen LogP contribution is 2.46. The van der Waals surface area contributed by atoms with Crippen LogP contribution in [0.2, 0.25) is 0 Å². The zero-order valence-electron chi connectivity index (χ0n) is 18.7. The van der Waals surface area contributed by atoms with Gasteiger partial charge in [0.15, 0.2) is 17.1 Å². The van der Waals surface area contributed by atoms with Crippen LogP contribution in [0, 0.1) is 6.92 Å². The number of hydrogen-bond acceptors (Lipinski definition) is 7. The first-order valence-electron chi connectivity index (χ1n) is 11.1. The lowest BCUT2D eigenvalue weighted by molar-refractivity contribution is -0.195. The maximum absolute atomic E-state index is 6.27. The summed E-state index contributed by atoms with van der Waals surface area (Å²) in [4.78, 5) is 16.8. The van der Waals surface area contributed by atoms with Crippen LogP contribution in [-0.4, -0.2) is 25.2 Å². The van der Waals surface area contributed by atoms with Gasteiger partial charge in [-0.2, -0.15) is 0 Å². The molecule has 2 N–H and O–H groups in total. The number of ether oxygens (including phenoxy) is 2. The van der Waals surface area contributed by atoms with Crippen molar-refractivity contribution in [3.63, 3.8) is 0 Å². The Hall–Kier alpha value is -3.03. The Morgan fingerprint density at radius 3 is 2.62 bits per heavy atom. The maximum atomic E-state index is 6.27. The minimum atomic E-state index is -1.07. The fourth-order valence-corrected chi connectivity index (χ4v) is 4.69. The molecule has 0 saturated heterocycles. The third-order valence-corrected chi connectivity index (χ3v) is 6.45. The molecule has 1 fully saturated rings. The first kappa shape index (κ1) is 20.8. The van der Waals surface area contributed by atoms with Gasteiger partial charge in [0.2, 0.25) is 5.72 Å². The lowest BCUT2D eigenvalue weighted by Gasteiger charge is -2.36. The molecule has 2 aromatic carbocycles. The van der Waals surface area contributed by atoms with E-state index in [1.807, 2.05) is 56.3 Å². The van der Waals surface area contributed by atoms with E-state index in [9.17, 15) is 0 Å². The first-order valence-corrected chi connectivity index (χ1v) is 11.1. The number of benzene rings is 2. The van der Waals surface area contributed by atoms with E-state index in [1.54, 1.807) is 13.4 Å². The fourth-order valence-electron chi connectivity index (χ4n) is 4.69. The van der Waals surface area contributed by atoms with Gasteiger partial charge in [0.05, 0.1) is 18.9 Å². The second kappa shape index (κ2) is 8.15. The molecule has 32 heavy (non-hydrogen) atoms. The number of rotatable bonds is 6. The molecule has 1 aliphatic carbocycles. The minimum Gasteiger partial charge on any atom is -0.493 e. The van der Waals surface area contributed by atoms with Crippen LogP contribution in [0.1, 0.15) is 49.3 Å². The van der Waals surface area contributed by atoms with Gasteiger partial charge in [0.25, 0.3) is 0 Å². The van der Waals surface area contributed by atoms with Gasteiger partial charge < -0.3 is 9.47 Å². The molecule has 2 aliphatic heterocycles. The monoisotopic (exact) mass is 435 g/mol. The molecule has 0 radical (unpaired) electrons. The molecule has 168 valence electrons. The lowest BCUT2D eigenvalue weighted by Crippen LogP contribution is -2.49. The molecular weight excluding hydrogens is 406 g/mol. The normalized spacial score (nSPS) is 27.2. The van der Waals surface area contributed by atoms with Crippen molar-refractivity contribution in [3.05, 3.63) is 65.2 Å². The van der Waals surface area contributed by atoms with Gasteiger partial charge in [-0.25, -0.2) is 9.83 Å². The number of hydrogen-bond donors (Lipinski definition) is 2. The van der Waals surface area contributed by atoms with Crippen LogP contribution in [0.15, 0.2) is 53.5 Å². The molecule has 3 aliphatic rings. The molecule has 1 saturated carbocycles. The van der Waals surface area contributed by atoms with Gasteiger partial charge in [-0.1, -0.05) is 29.8 Å². The summed E-state index contributed by atoms with van der Waals surface area (Å²) in [6.07, 6.45) is 8.39. The average Bonchev–Trinajstić information content (AvgIpc) is 3.56. The third-order valence-electron chi connectivity index (χ3n) is 6.45. The third kappa shape index (κ3) is 3.51. The molecule has 2 heterocycles. The predicted octanol–water partition coefficient (Wildman–Crippen LogP) is 4.38. The van der Waals surface area contributed by atoms with Crippen LogP contribution >= 0.6 is 0 Å². The van der Waals surface area contributed by atoms with E-state index in [4.69, 9.17) is 19.1 Å². The Kier molecular flexibility index (Phi) is 5.31. The second-order valence-corrected chi connectivity index (χ2v) is 8.75. The Morgan fingerprint density at radius 1 is 1.06 bits per heavy atom. The SMILES string of the molecule is COc1ccc(C2=CC(C)(C3(c4cccc(C)c4)N=CNO3)ON2)cc1OC1CCCC1. The van der Waals surface area contributed by atoms with Crippen molar-refractivity contribution < 1.29 is 19.1 Å². The van der Waals surface area contributed by atoms with Crippen LogP contribution in [0.25, 0.3) is 5.70 Å². The number of methoxy groups -OCH3 is 1. The summed E-state index contributed by atoms with van der Waals surface area (Å²) in [5.74, 6) is 1.48. The summed E-state index contributed by atoms with van der Waals surface area (Å²) in [6, 6.07) is 14.0. The Morgan fingerprint density at radius 2 is 1.91 bits per heavy atom. The fraction of sp³-hybridized carbons (Fsp3) is 0.400. The summed E-state index contributed by atoms with van der Waals surface area (Å²) < 4.78 is 11.8. The molecule has 2 aromatic rings. The number of aryl methyl sites for hydroxylation is 1. The Labute approximate surface area is 188 Å². The topological polar surface area (TPSA) is 73.3 Å². The molecule has 7 nitrogen and oxygen atoms in total. The Balaban J connectivity index is 1.49. The van der Waals surface area contributed by atoms with E-state index in [-0.39, 0.29) is 6.10 Å². The standard InChI is InChI=1S/C25H29N3O4/c1-17-7-6-8-19(13-17)25(26-16-27-32-25)24(2)15-21(28-31-24)18-11-12-22(29-3)23(14-18)30-20-9-4-5-10-20/h6-8,11-16,20,28H,4-5,9-10H2,1-3H3,(H,26,27). The second-order valence-electron chi connectivity index (χ2n) is 8.75. The van der Waals surface area contributed by atoms with Crippen molar-refractivity contribution in [2.24, 2.45) is 4.99 Å². The summed E-state index contributed by atoms with van der Waals surface area (Å²) in [7, 11) is 1.66. The molecule has 2 unspecified atom stereocenters. The van der Waals surface area contributed by atoms with E-state index in [0.717, 1.165) is 46.7 Å². The van der Waals surface area contributed by atoms with Gasteiger partial charge >= 0.3 is 0 Å². The number of aliphatic imine (C=N–C) groups is 1. The highest BCUT2D eigenvalue weighted by molar-refractivity contribution is 5.69. The van der Waals surface area contributed by atoms with Crippen LogP contribution in [-0.2, 0) is 15.4 Å². The largest absolute Gasteiger partial charge is 0.493 e. The minimum absolute atomic E-state index is 0.239. The van der Waals surface area contributed by atoms with Crippen molar-refractivity contribution in [1.82, 2.24) is 11.0 Å².